The zero-order valence-corrected chi connectivity index (χ0v) is 32.6. The van der Waals surface area contributed by atoms with Crippen molar-refractivity contribution in [2.45, 2.75) is 57.3 Å². The molecule has 2 nitrogen and oxygen atoms in total. The fourth-order valence-corrected chi connectivity index (χ4v) is 10.4. The summed E-state index contributed by atoms with van der Waals surface area (Å²) in [6, 6.07) is 62.6. The van der Waals surface area contributed by atoms with Gasteiger partial charge in [0.1, 0.15) is 11.2 Å². The van der Waals surface area contributed by atoms with Gasteiger partial charge >= 0.3 is 0 Å². The number of nitrogens with zero attached hydrogens (tertiary/aromatic N) is 1. The number of hydrogen-bond acceptors (Lipinski definition) is 2. The van der Waals surface area contributed by atoms with Gasteiger partial charge in [-0.05, 0) is 128 Å². The van der Waals surface area contributed by atoms with E-state index >= 15 is 0 Å². The monoisotopic (exact) mass is 735 g/mol. The summed E-state index contributed by atoms with van der Waals surface area (Å²) < 4.78 is 6.31. The number of anilines is 3. The average Bonchev–Trinajstić information content (AvgIpc) is 3.75. The molecule has 0 N–H and O–H groups in total. The highest BCUT2D eigenvalue weighted by molar-refractivity contribution is 6.08. The Labute approximate surface area is 335 Å². The van der Waals surface area contributed by atoms with E-state index in [0.717, 1.165) is 39.0 Å². The summed E-state index contributed by atoms with van der Waals surface area (Å²) in [4.78, 5) is 2.43. The smallest absolute Gasteiger partial charge is 0.135 e. The zero-order chi connectivity index (χ0) is 38.1. The molecule has 11 rings (SSSR count). The molecule has 57 heavy (non-hydrogen) atoms. The van der Waals surface area contributed by atoms with E-state index in [1.807, 2.05) is 6.07 Å². The predicted octanol–water partition coefficient (Wildman–Crippen LogP) is 15.9. The lowest BCUT2D eigenvalue weighted by Crippen LogP contribution is -2.19. The van der Waals surface area contributed by atoms with Crippen LogP contribution in [-0.4, -0.2) is 0 Å². The van der Waals surface area contributed by atoms with Gasteiger partial charge in [-0.1, -0.05) is 154 Å². The molecule has 0 spiro atoms. The first-order chi connectivity index (χ1) is 28.0. The van der Waals surface area contributed by atoms with E-state index < -0.39 is 0 Å². The SMILES string of the molecule is CC1(C)c2ccc(N(c3ccc(-c4cccc5cccc(-c6ccccc6)c45)cc3)c3ccc4oc5ccccc5c4c3)cc2-c2cccc(C3CCCCC3)c21. The maximum absolute atomic E-state index is 6.31. The molecule has 276 valence electrons. The van der Waals surface area contributed by atoms with Gasteiger partial charge < -0.3 is 9.32 Å². The highest BCUT2D eigenvalue weighted by atomic mass is 16.3. The Hall–Kier alpha value is -6.38. The molecular weight excluding hydrogens is 691 g/mol. The Morgan fingerprint density at radius 3 is 1.91 bits per heavy atom. The van der Waals surface area contributed by atoms with Gasteiger partial charge in [-0.25, -0.2) is 0 Å². The first kappa shape index (κ1) is 33.9. The van der Waals surface area contributed by atoms with Gasteiger partial charge in [0.05, 0.1) is 0 Å². The molecule has 0 bridgehead atoms. The molecule has 2 heteroatoms. The molecule has 0 aliphatic heterocycles. The summed E-state index contributed by atoms with van der Waals surface area (Å²) in [6.45, 7) is 4.88. The van der Waals surface area contributed by atoms with E-state index in [4.69, 9.17) is 4.42 Å². The minimum Gasteiger partial charge on any atom is -0.456 e. The molecule has 9 aromatic rings. The molecule has 2 aliphatic rings. The average molecular weight is 736 g/mol. The lowest BCUT2D eigenvalue weighted by atomic mass is 9.74. The third-order valence-corrected chi connectivity index (χ3v) is 13.0. The molecule has 0 atom stereocenters. The summed E-state index contributed by atoms with van der Waals surface area (Å²) in [5.41, 5.74) is 17.3. The number of benzene rings is 8. The van der Waals surface area contributed by atoms with Crippen molar-refractivity contribution in [3.8, 4) is 33.4 Å². The van der Waals surface area contributed by atoms with E-state index in [-0.39, 0.29) is 5.41 Å². The fraction of sp³-hybridized carbons (Fsp3) is 0.164. The van der Waals surface area contributed by atoms with Crippen molar-refractivity contribution in [2.24, 2.45) is 0 Å². The lowest BCUT2D eigenvalue weighted by molar-refractivity contribution is 0.438. The van der Waals surface area contributed by atoms with Gasteiger partial charge in [-0.2, -0.15) is 0 Å². The molecule has 0 radical (unpaired) electrons. The van der Waals surface area contributed by atoms with Crippen LogP contribution in [-0.2, 0) is 5.41 Å². The predicted molar refractivity (Wildman–Crippen MR) is 240 cm³/mol. The van der Waals surface area contributed by atoms with Crippen molar-refractivity contribution in [2.75, 3.05) is 4.90 Å². The quantitative estimate of drug-likeness (QED) is 0.169. The lowest BCUT2D eigenvalue weighted by Gasteiger charge is -2.30. The van der Waals surface area contributed by atoms with E-state index in [1.165, 1.54) is 87.4 Å². The third kappa shape index (κ3) is 5.53. The molecule has 0 amide bonds. The van der Waals surface area contributed by atoms with E-state index in [1.54, 1.807) is 5.56 Å². The summed E-state index contributed by atoms with van der Waals surface area (Å²) in [6.07, 6.45) is 6.65. The number of para-hydroxylation sites is 1. The molecule has 0 unspecified atom stereocenters. The van der Waals surface area contributed by atoms with Crippen LogP contribution in [0.5, 0.6) is 0 Å². The fourth-order valence-electron chi connectivity index (χ4n) is 10.4. The Morgan fingerprint density at radius 2 is 1.12 bits per heavy atom. The minimum atomic E-state index is -0.0601. The second-order valence-corrected chi connectivity index (χ2v) is 16.7. The van der Waals surface area contributed by atoms with Crippen LogP contribution < -0.4 is 4.90 Å². The topological polar surface area (TPSA) is 16.4 Å². The van der Waals surface area contributed by atoms with Crippen molar-refractivity contribution in [1.29, 1.82) is 0 Å². The van der Waals surface area contributed by atoms with Crippen molar-refractivity contribution in [1.82, 2.24) is 0 Å². The molecule has 1 heterocycles. The van der Waals surface area contributed by atoms with Crippen LogP contribution in [0, 0.1) is 0 Å². The number of furan rings is 1. The van der Waals surface area contributed by atoms with Crippen molar-refractivity contribution >= 4 is 49.8 Å². The molecule has 1 aromatic heterocycles. The largest absolute Gasteiger partial charge is 0.456 e. The maximum Gasteiger partial charge on any atom is 0.135 e. The maximum atomic E-state index is 6.31. The normalized spacial score (nSPS) is 14.9. The first-order valence-electron chi connectivity index (χ1n) is 20.7. The summed E-state index contributed by atoms with van der Waals surface area (Å²) in [5, 5.41) is 4.78. The van der Waals surface area contributed by atoms with Crippen LogP contribution in [0.4, 0.5) is 17.1 Å². The second-order valence-electron chi connectivity index (χ2n) is 16.7. The molecule has 1 fully saturated rings. The van der Waals surface area contributed by atoms with Gasteiger partial charge in [0, 0.05) is 33.2 Å². The number of rotatable bonds is 6. The standard InChI is InChI=1S/C55H45NO/c1-55(2)50-32-30-41(34-48(50)47-24-13-23-45(54(47)55)37-16-7-4-8-17-37)56(42-31-33-52-49(35-42)46-20-9-10-25-51(46)57-52)40-28-26-38(27-29-40)44-22-12-19-39-18-11-21-43(53(39)44)36-14-5-3-6-15-36/h3,5-6,9-15,18-35,37H,4,7-8,16-17H2,1-2H3. The number of hydrogen-bond donors (Lipinski definition) is 0. The second kappa shape index (κ2) is 13.4. The van der Waals surface area contributed by atoms with E-state index in [2.05, 4.69) is 183 Å². The Morgan fingerprint density at radius 1 is 0.491 bits per heavy atom. The van der Waals surface area contributed by atoms with E-state index in [0.29, 0.717) is 5.92 Å². The van der Waals surface area contributed by atoms with Gasteiger partial charge in [-0.15, -0.1) is 0 Å². The van der Waals surface area contributed by atoms with Crippen LogP contribution in [0.1, 0.15) is 68.6 Å². The van der Waals surface area contributed by atoms with Crippen LogP contribution in [0.25, 0.3) is 66.1 Å². The van der Waals surface area contributed by atoms with Crippen LogP contribution in [0.3, 0.4) is 0 Å². The molecule has 8 aromatic carbocycles. The van der Waals surface area contributed by atoms with Crippen LogP contribution in [0.2, 0.25) is 0 Å². The minimum absolute atomic E-state index is 0.0601. The zero-order valence-electron chi connectivity index (χ0n) is 32.6. The van der Waals surface area contributed by atoms with Crippen molar-refractivity contribution in [3.05, 3.63) is 187 Å². The van der Waals surface area contributed by atoms with Gasteiger partial charge in [0.25, 0.3) is 0 Å². The van der Waals surface area contributed by atoms with Gasteiger partial charge in [-0.3, -0.25) is 0 Å². The Bertz CT molecular complexity index is 2960. The Balaban J connectivity index is 1.07. The summed E-state index contributed by atoms with van der Waals surface area (Å²) in [5.74, 6) is 0.652. The molecule has 2 aliphatic carbocycles. The first-order valence-corrected chi connectivity index (χ1v) is 20.7. The van der Waals surface area contributed by atoms with Gasteiger partial charge in [0.2, 0.25) is 0 Å². The summed E-state index contributed by atoms with van der Waals surface area (Å²) in [7, 11) is 0. The number of fused-ring (bicyclic) bond motifs is 7. The van der Waals surface area contributed by atoms with Crippen molar-refractivity contribution in [3.63, 3.8) is 0 Å². The molecular formula is C55H45NO. The molecule has 1 saturated carbocycles. The van der Waals surface area contributed by atoms with Crippen LogP contribution >= 0.6 is 0 Å². The van der Waals surface area contributed by atoms with Crippen molar-refractivity contribution < 1.29 is 4.42 Å². The third-order valence-electron chi connectivity index (χ3n) is 13.0. The Kier molecular flexibility index (Phi) is 7.96. The van der Waals surface area contributed by atoms with Crippen LogP contribution in [0.15, 0.2) is 174 Å². The summed E-state index contributed by atoms with van der Waals surface area (Å²) >= 11 is 0. The van der Waals surface area contributed by atoms with E-state index in [9.17, 15) is 0 Å². The highest BCUT2D eigenvalue weighted by Gasteiger charge is 2.39. The van der Waals surface area contributed by atoms with Gasteiger partial charge in [0.15, 0.2) is 0 Å². The highest BCUT2D eigenvalue weighted by Crippen LogP contribution is 2.54. The molecule has 0 saturated heterocycles.